The Balaban J connectivity index is 0.00000192. The maximum absolute atomic E-state index is 12.1. The van der Waals surface area contributed by atoms with Gasteiger partial charge in [0.1, 0.15) is 0 Å². The molecule has 1 atom stereocenters. The molecule has 2 fully saturated rings. The number of amides is 1. The molecule has 1 heterocycles. The molecule has 0 spiro atoms. The molecular formula is C18H27ClN2O2. The molecule has 1 saturated heterocycles. The van der Waals surface area contributed by atoms with E-state index in [2.05, 4.69) is 41.0 Å². The minimum absolute atomic E-state index is 0. The van der Waals surface area contributed by atoms with Crippen LogP contribution in [0.2, 0.25) is 0 Å². The largest absolute Gasteiger partial charge is 0.378 e. The zero-order valence-electron chi connectivity index (χ0n) is 13.5. The second-order valence-electron chi connectivity index (χ2n) is 6.46. The summed E-state index contributed by atoms with van der Waals surface area (Å²) in [5.74, 6) is 0.814. The Bertz CT molecular complexity index is 469. The van der Waals surface area contributed by atoms with Gasteiger partial charge in [0.15, 0.2) is 0 Å². The summed E-state index contributed by atoms with van der Waals surface area (Å²) in [6.45, 7) is 2.25. The fraction of sp³-hybridized carbons (Fsp3) is 0.611. The van der Waals surface area contributed by atoms with Gasteiger partial charge < -0.3 is 15.4 Å². The maximum Gasteiger partial charge on any atom is 0.221 e. The Morgan fingerprint density at radius 1 is 1.17 bits per heavy atom. The van der Waals surface area contributed by atoms with Crippen LogP contribution in [0.3, 0.4) is 0 Å². The van der Waals surface area contributed by atoms with Gasteiger partial charge in [0.2, 0.25) is 5.91 Å². The van der Waals surface area contributed by atoms with E-state index < -0.39 is 0 Å². The van der Waals surface area contributed by atoms with E-state index in [1.807, 2.05) is 0 Å². The van der Waals surface area contributed by atoms with Crippen molar-refractivity contribution in [1.29, 1.82) is 0 Å². The molecule has 4 nitrogen and oxygen atoms in total. The Hall–Kier alpha value is -1.10. The third kappa shape index (κ3) is 5.48. The standard InChI is InChI=1S/C18H26N2O2.ClH/c21-18(12-17-13-22-11-10-19-17)20-16-8-6-15(7-9-16)14-4-2-1-3-5-14;/h1-5,15-17,19H,6-13H2,(H,20,21);1H. The normalized spacial score (nSPS) is 27.7. The van der Waals surface area contributed by atoms with Gasteiger partial charge in [-0.2, -0.15) is 0 Å². The Labute approximate surface area is 144 Å². The van der Waals surface area contributed by atoms with Crippen molar-refractivity contribution in [2.24, 2.45) is 0 Å². The highest BCUT2D eigenvalue weighted by atomic mass is 35.5. The lowest BCUT2D eigenvalue weighted by molar-refractivity contribution is -0.123. The van der Waals surface area contributed by atoms with Crippen LogP contribution in [0.25, 0.3) is 0 Å². The molecule has 1 aromatic carbocycles. The van der Waals surface area contributed by atoms with Gasteiger partial charge >= 0.3 is 0 Å². The minimum atomic E-state index is 0. The van der Waals surface area contributed by atoms with E-state index in [1.165, 1.54) is 18.4 Å². The van der Waals surface area contributed by atoms with Gasteiger partial charge in [0.05, 0.1) is 13.2 Å². The highest BCUT2D eigenvalue weighted by Crippen LogP contribution is 2.32. The molecule has 23 heavy (non-hydrogen) atoms. The van der Waals surface area contributed by atoms with Crippen LogP contribution in [0.15, 0.2) is 30.3 Å². The second kappa shape index (κ2) is 9.26. The van der Waals surface area contributed by atoms with Gasteiger partial charge in [0.25, 0.3) is 0 Å². The van der Waals surface area contributed by atoms with Crippen LogP contribution in [0.1, 0.15) is 43.6 Å². The summed E-state index contributed by atoms with van der Waals surface area (Å²) in [4.78, 5) is 12.1. The molecule has 1 unspecified atom stereocenters. The van der Waals surface area contributed by atoms with Crippen LogP contribution in [-0.2, 0) is 9.53 Å². The number of halogens is 1. The number of hydrogen-bond donors (Lipinski definition) is 2. The van der Waals surface area contributed by atoms with E-state index in [-0.39, 0.29) is 24.4 Å². The molecule has 0 aromatic heterocycles. The Kier molecular flexibility index (Phi) is 7.34. The van der Waals surface area contributed by atoms with E-state index in [1.54, 1.807) is 0 Å². The fourth-order valence-corrected chi connectivity index (χ4v) is 3.56. The van der Waals surface area contributed by atoms with Crippen LogP contribution < -0.4 is 10.6 Å². The van der Waals surface area contributed by atoms with Crippen LogP contribution in [0.4, 0.5) is 0 Å². The SMILES string of the molecule is Cl.O=C(CC1COCCN1)NC1CCC(c2ccccc2)CC1. The molecule has 2 N–H and O–H groups in total. The topological polar surface area (TPSA) is 50.4 Å². The Morgan fingerprint density at radius 2 is 1.91 bits per heavy atom. The average Bonchev–Trinajstić information content (AvgIpc) is 2.57. The number of hydrogen-bond acceptors (Lipinski definition) is 3. The lowest BCUT2D eigenvalue weighted by Gasteiger charge is -2.30. The predicted molar refractivity (Wildman–Crippen MR) is 94.1 cm³/mol. The third-order valence-electron chi connectivity index (χ3n) is 4.79. The average molecular weight is 339 g/mol. The summed E-state index contributed by atoms with van der Waals surface area (Å²) in [7, 11) is 0. The van der Waals surface area contributed by atoms with Crippen molar-refractivity contribution in [2.75, 3.05) is 19.8 Å². The van der Waals surface area contributed by atoms with E-state index in [0.29, 0.717) is 25.0 Å². The maximum atomic E-state index is 12.1. The predicted octanol–water partition coefficient (Wildman–Crippen LogP) is 2.63. The van der Waals surface area contributed by atoms with Crippen molar-refractivity contribution >= 4 is 18.3 Å². The molecule has 0 radical (unpaired) electrons. The Morgan fingerprint density at radius 3 is 2.57 bits per heavy atom. The first-order valence-electron chi connectivity index (χ1n) is 8.46. The van der Waals surface area contributed by atoms with Crippen LogP contribution >= 0.6 is 12.4 Å². The van der Waals surface area contributed by atoms with Gasteiger partial charge in [-0.05, 0) is 37.2 Å². The van der Waals surface area contributed by atoms with Gasteiger partial charge in [-0.15, -0.1) is 12.4 Å². The van der Waals surface area contributed by atoms with Crippen molar-refractivity contribution in [2.45, 2.75) is 50.1 Å². The van der Waals surface area contributed by atoms with Crippen molar-refractivity contribution in [1.82, 2.24) is 10.6 Å². The van der Waals surface area contributed by atoms with E-state index in [0.717, 1.165) is 26.0 Å². The summed E-state index contributed by atoms with van der Waals surface area (Å²) < 4.78 is 5.39. The van der Waals surface area contributed by atoms with Crippen molar-refractivity contribution in [3.63, 3.8) is 0 Å². The molecule has 1 saturated carbocycles. The number of morpholine rings is 1. The number of carbonyl (C=O) groups excluding carboxylic acids is 1. The molecule has 3 rings (SSSR count). The van der Waals surface area contributed by atoms with Crippen molar-refractivity contribution < 1.29 is 9.53 Å². The summed E-state index contributed by atoms with van der Waals surface area (Å²) in [5, 5.41) is 6.53. The molecule has 128 valence electrons. The first-order chi connectivity index (χ1) is 10.8. The highest BCUT2D eigenvalue weighted by Gasteiger charge is 2.24. The van der Waals surface area contributed by atoms with Crippen LogP contribution in [0, 0.1) is 0 Å². The van der Waals surface area contributed by atoms with Gasteiger partial charge in [0, 0.05) is 25.0 Å². The summed E-state index contributed by atoms with van der Waals surface area (Å²) in [5.41, 5.74) is 1.44. The molecule has 1 aliphatic heterocycles. The summed E-state index contributed by atoms with van der Waals surface area (Å²) >= 11 is 0. The zero-order valence-corrected chi connectivity index (χ0v) is 14.3. The highest BCUT2D eigenvalue weighted by molar-refractivity contribution is 5.85. The summed E-state index contributed by atoms with van der Waals surface area (Å²) in [6.07, 6.45) is 5.03. The molecule has 1 aromatic rings. The quantitative estimate of drug-likeness (QED) is 0.887. The van der Waals surface area contributed by atoms with E-state index in [9.17, 15) is 4.79 Å². The van der Waals surface area contributed by atoms with Crippen molar-refractivity contribution in [3.8, 4) is 0 Å². The molecule has 2 aliphatic rings. The third-order valence-corrected chi connectivity index (χ3v) is 4.79. The zero-order chi connectivity index (χ0) is 15.2. The number of ether oxygens (including phenoxy) is 1. The monoisotopic (exact) mass is 338 g/mol. The second-order valence-corrected chi connectivity index (χ2v) is 6.46. The molecule has 1 amide bonds. The molecule has 5 heteroatoms. The van der Waals surface area contributed by atoms with Crippen LogP contribution in [-0.4, -0.2) is 37.7 Å². The molecular weight excluding hydrogens is 312 g/mol. The van der Waals surface area contributed by atoms with Gasteiger partial charge in [-0.1, -0.05) is 30.3 Å². The lowest BCUT2D eigenvalue weighted by atomic mass is 9.82. The summed E-state index contributed by atoms with van der Waals surface area (Å²) in [6, 6.07) is 11.3. The van der Waals surface area contributed by atoms with Gasteiger partial charge in [-0.25, -0.2) is 0 Å². The minimum Gasteiger partial charge on any atom is -0.378 e. The van der Waals surface area contributed by atoms with Gasteiger partial charge in [-0.3, -0.25) is 4.79 Å². The first-order valence-corrected chi connectivity index (χ1v) is 8.46. The molecule has 1 aliphatic carbocycles. The van der Waals surface area contributed by atoms with E-state index >= 15 is 0 Å². The number of nitrogens with one attached hydrogen (secondary N) is 2. The van der Waals surface area contributed by atoms with Crippen molar-refractivity contribution in [3.05, 3.63) is 35.9 Å². The number of benzene rings is 1. The lowest BCUT2D eigenvalue weighted by Crippen LogP contribution is -2.46. The van der Waals surface area contributed by atoms with E-state index in [4.69, 9.17) is 4.74 Å². The fourth-order valence-electron chi connectivity index (χ4n) is 3.56. The first kappa shape index (κ1) is 18.2. The molecule has 0 bridgehead atoms. The smallest absolute Gasteiger partial charge is 0.221 e. The number of rotatable bonds is 4. The number of carbonyl (C=O) groups is 1. The van der Waals surface area contributed by atoms with Crippen LogP contribution in [0.5, 0.6) is 0 Å².